The monoisotopic (exact) mass is 806 g/mol. The summed E-state index contributed by atoms with van der Waals surface area (Å²) in [5.74, 6) is -5.64. The molecule has 0 bridgehead atoms. The fraction of sp³-hybridized carbons (Fsp3) is 0.632. The number of esters is 1. The summed E-state index contributed by atoms with van der Waals surface area (Å²) in [5, 5.41) is -0.669. The Morgan fingerprint density at radius 1 is 1.07 bits per heavy atom. The number of carbonyl (C=O) groups excluding carboxylic acids is 6. The predicted molar refractivity (Wildman–Crippen MR) is 196 cm³/mol. The van der Waals surface area contributed by atoms with Gasteiger partial charge in [0.15, 0.2) is 5.78 Å². The second-order valence-corrected chi connectivity index (χ2v) is 18.5. The molecule has 4 amide bonds. The summed E-state index contributed by atoms with van der Waals surface area (Å²) < 4.78 is 53.8. The van der Waals surface area contributed by atoms with Crippen LogP contribution in [-0.4, -0.2) is 107 Å². The van der Waals surface area contributed by atoms with E-state index >= 15 is 0 Å². The highest BCUT2D eigenvalue weighted by Crippen LogP contribution is 2.57. The average molecular weight is 807 g/mol. The number of ether oxygens (including phenoxy) is 2. The van der Waals surface area contributed by atoms with Crippen LogP contribution >= 0.6 is 11.6 Å². The van der Waals surface area contributed by atoms with Crippen molar-refractivity contribution >= 4 is 57.2 Å². The first kappa shape index (κ1) is 40.6. The number of benzene rings is 1. The minimum atomic E-state index is -3.94. The zero-order valence-electron chi connectivity index (χ0n) is 31.3. The molecule has 2 saturated carbocycles. The Bertz CT molecular complexity index is 1880. The van der Waals surface area contributed by atoms with Gasteiger partial charge in [-0.25, -0.2) is 17.6 Å². The van der Waals surface area contributed by atoms with Gasteiger partial charge in [-0.3, -0.25) is 33.6 Å². The Kier molecular flexibility index (Phi) is 11.7. The summed E-state index contributed by atoms with van der Waals surface area (Å²) in [6, 6.07) is 3.33. The van der Waals surface area contributed by atoms with Gasteiger partial charge in [-0.1, -0.05) is 24.3 Å². The van der Waals surface area contributed by atoms with Crippen molar-refractivity contribution in [2.75, 3.05) is 25.5 Å². The van der Waals surface area contributed by atoms with Gasteiger partial charge in [0, 0.05) is 38.0 Å². The Hall–Kier alpha value is -4.05. The van der Waals surface area contributed by atoms with Gasteiger partial charge in [0.05, 0.1) is 42.1 Å². The molecule has 55 heavy (non-hydrogen) atoms. The third-order valence-corrected chi connectivity index (χ3v) is 12.9. The number of allylic oxidation sites excluding steroid dienone is 2. The third-order valence-electron chi connectivity index (χ3n) is 10.9. The van der Waals surface area contributed by atoms with E-state index in [0.717, 1.165) is 0 Å². The van der Waals surface area contributed by atoms with E-state index in [1.165, 1.54) is 20.8 Å². The van der Waals surface area contributed by atoms with Crippen molar-refractivity contribution in [3.8, 4) is 0 Å². The summed E-state index contributed by atoms with van der Waals surface area (Å²) in [4.78, 5) is 86.5. The maximum Gasteiger partial charge on any atom is 0.410 e. The fourth-order valence-corrected chi connectivity index (χ4v) is 9.34. The van der Waals surface area contributed by atoms with Crippen molar-refractivity contribution in [1.29, 1.82) is 0 Å². The maximum atomic E-state index is 14.6. The molecule has 1 saturated heterocycles. The van der Waals surface area contributed by atoms with E-state index in [1.807, 2.05) is 6.08 Å². The minimum absolute atomic E-state index is 0.0305. The predicted octanol–water partition coefficient (Wildman–Crippen LogP) is 3.59. The van der Waals surface area contributed by atoms with Gasteiger partial charge >= 0.3 is 12.1 Å². The minimum Gasteiger partial charge on any atom is -0.460 e. The molecule has 0 spiro atoms. The molecule has 1 aromatic carbocycles. The molecule has 6 rings (SSSR count). The summed E-state index contributed by atoms with van der Waals surface area (Å²) >= 11 is 5.97. The molecule has 17 heteroatoms. The summed E-state index contributed by atoms with van der Waals surface area (Å²) in [5.41, 5.74) is -1.28. The molecule has 3 fully saturated rings. The number of alkyl halides is 1. The zero-order chi connectivity index (χ0) is 39.9. The van der Waals surface area contributed by atoms with Crippen LogP contribution in [0.2, 0.25) is 0 Å². The first-order valence-electron chi connectivity index (χ1n) is 18.7. The molecule has 5 atom stereocenters. The first-order chi connectivity index (χ1) is 25.9. The molecule has 1 aromatic rings. The van der Waals surface area contributed by atoms with E-state index in [4.69, 9.17) is 21.1 Å². The van der Waals surface area contributed by atoms with Gasteiger partial charge in [0.25, 0.3) is 0 Å². The van der Waals surface area contributed by atoms with Crippen molar-refractivity contribution in [2.24, 2.45) is 17.3 Å². The van der Waals surface area contributed by atoms with Crippen molar-refractivity contribution in [1.82, 2.24) is 19.4 Å². The molecule has 0 radical (unpaired) electrons. The number of fused-ring (bicyclic) bond motifs is 3. The second-order valence-electron chi connectivity index (χ2n) is 16.3. The number of hydrogen-bond acceptors (Lipinski definition) is 10. The Morgan fingerprint density at radius 3 is 2.49 bits per heavy atom. The zero-order valence-corrected chi connectivity index (χ0v) is 32.8. The SMILES string of the molecule is CC(C)(C)OC(=O)C[C@H]1CN(C(=O)CCl)CCC/C=C\[C@@H]2C[C@@]2(C(=O)NS(=O)(=O)C2CC2)CC(=O)[C@@H]2C[C@@H](OC(=O)N3Cc4cccc(F)c4C3)CN2C1=O. The molecule has 300 valence electrons. The number of nitrogens with one attached hydrogen (secondary N) is 1. The highest BCUT2D eigenvalue weighted by atomic mass is 35.5. The topological polar surface area (TPSA) is 177 Å². The van der Waals surface area contributed by atoms with Crippen LogP contribution in [0.3, 0.4) is 0 Å². The largest absolute Gasteiger partial charge is 0.460 e. The van der Waals surface area contributed by atoms with Crippen LogP contribution < -0.4 is 4.72 Å². The van der Waals surface area contributed by atoms with Crippen LogP contribution in [0.5, 0.6) is 0 Å². The number of rotatable bonds is 7. The van der Waals surface area contributed by atoms with Crippen molar-refractivity contribution in [3.63, 3.8) is 0 Å². The van der Waals surface area contributed by atoms with Crippen molar-refractivity contribution in [3.05, 3.63) is 47.3 Å². The highest BCUT2D eigenvalue weighted by molar-refractivity contribution is 7.90. The van der Waals surface area contributed by atoms with Crippen LogP contribution in [0.1, 0.15) is 83.3 Å². The lowest BCUT2D eigenvalue weighted by Crippen LogP contribution is -2.49. The van der Waals surface area contributed by atoms with Gasteiger partial charge in [-0.2, -0.15) is 0 Å². The number of carbonyl (C=O) groups is 6. The lowest BCUT2D eigenvalue weighted by atomic mass is 9.91. The molecule has 3 aliphatic heterocycles. The van der Waals surface area contributed by atoms with Gasteiger partial charge < -0.3 is 19.3 Å². The van der Waals surface area contributed by atoms with E-state index in [1.54, 1.807) is 39.0 Å². The molecule has 1 N–H and O–H groups in total. The normalized spacial score (nSPS) is 27.9. The van der Waals surface area contributed by atoms with Crippen LogP contribution in [0.25, 0.3) is 0 Å². The maximum absolute atomic E-state index is 14.6. The molecule has 0 aromatic heterocycles. The third kappa shape index (κ3) is 9.33. The Morgan fingerprint density at radius 2 is 1.82 bits per heavy atom. The number of sulfonamides is 1. The van der Waals surface area contributed by atoms with Crippen LogP contribution in [0, 0.1) is 23.1 Å². The van der Waals surface area contributed by atoms with Gasteiger partial charge in [0.2, 0.25) is 27.7 Å². The average Bonchev–Trinajstić information content (AvgIpc) is 3.99. The first-order valence-corrected chi connectivity index (χ1v) is 20.8. The second kappa shape index (κ2) is 15.8. The molecule has 3 heterocycles. The lowest BCUT2D eigenvalue weighted by molar-refractivity contribution is -0.159. The fourth-order valence-electron chi connectivity index (χ4n) is 7.79. The molecule has 0 unspecified atom stereocenters. The quantitative estimate of drug-likeness (QED) is 0.244. The lowest BCUT2D eigenvalue weighted by Gasteiger charge is -2.32. The smallest absolute Gasteiger partial charge is 0.410 e. The van der Waals surface area contributed by atoms with Crippen molar-refractivity contribution in [2.45, 2.75) is 108 Å². The van der Waals surface area contributed by atoms with E-state index in [0.29, 0.717) is 36.8 Å². The molecule has 5 aliphatic rings. The number of ketones is 1. The van der Waals surface area contributed by atoms with Gasteiger partial charge in [-0.05, 0) is 70.4 Å². The Labute approximate surface area is 325 Å². The Balaban J connectivity index is 1.31. The summed E-state index contributed by atoms with van der Waals surface area (Å²) in [6.07, 6.45) is 2.84. The van der Waals surface area contributed by atoms with Gasteiger partial charge in [0.1, 0.15) is 23.4 Å². The number of nitrogens with zero attached hydrogens (tertiary/aromatic N) is 3. The number of halogens is 2. The summed E-state index contributed by atoms with van der Waals surface area (Å²) in [6.45, 7) is 4.83. The van der Waals surface area contributed by atoms with Gasteiger partial charge in [-0.15, -0.1) is 11.6 Å². The highest BCUT2D eigenvalue weighted by Gasteiger charge is 2.61. The standard InChI is InChI=1S/C38H48ClFN4O10S/c1-37(2,3)54-33(47)14-24-20-42(32(46)18-39)13-6-4-5-9-25-16-38(25,35(49)41-55(51,52)27-11-12-27)17-31(45)30-15-26(21-44(30)34(24)48)53-36(50)43-19-23-8-7-10-29(40)28(23)22-43/h5,7-10,24-27,30H,4,6,11-22H2,1-3H3,(H,41,49)/b9-5-/t24-,25+,26+,30-,38+/m0/s1. The molecule has 2 aliphatic carbocycles. The number of Topliss-reactive ketones (excluding diaryl/α,β-unsaturated/α-hetero) is 1. The van der Waals surface area contributed by atoms with E-state index in [-0.39, 0.29) is 51.4 Å². The van der Waals surface area contributed by atoms with E-state index in [2.05, 4.69) is 4.72 Å². The van der Waals surface area contributed by atoms with Crippen LogP contribution in [0.15, 0.2) is 30.4 Å². The van der Waals surface area contributed by atoms with E-state index < -0.39 is 104 Å². The number of amides is 4. The summed E-state index contributed by atoms with van der Waals surface area (Å²) in [7, 11) is -3.94. The molecular formula is C38H48ClFN4O10S. The number of hydrogen-bond donors (Lipinski definition) is 1. The molecule has 14 nitrogen and oxygen atoms in total. The van der Waals surface area contributed by atoms with E-state index in [9.17, 15) is 41.6 Å². The van der Waals surface area contributed by atoms with Crippen molar-refractivity contribution < 1.29 is 51.0 Å². The molecular weight excluding hydrogens is 759 g/mol. The van der Waals surface area contributed by atoms with Crippen LogP contribution in [0.4, 0.5) is 9.18 Å². The van der Waals surface area contributed by atoms with Crippen LogP contribution in [-0.2, 0) is 56.6 Å².